The van der Waals surface area contributed by atoms with Gasteiger partial charge in [0.1, 0.15) is 12.2 Å². The van der Waals surface area contributed by atoms with E-state index in [0.717, 1.165) is 32.4 Å². The number of nitrogens with zero attached hydrogens (tertiary/aromatic N) is 1. The summed E-state index contributed by atoms with van der Waals surface area (Å²) in [6.07, 6.45) is 2.66. The second-order valence-electron chi connectivity index (χ2n) is 12.8. The van der Waals surface area contributed by atoms with Crippen LogP contribution in [0.4, 0.5) is 0 Å². The number of carbonyl (C=O) groups is 3. The van der Waals surface area contributed by atoms with E-state index in [1.807, 2.05) is 0 Å². The summed E-state index contributed by atoms with van der Waals surface area (Å²) in [6.45, 7) is 8.49. The summed E-state index contributed by atoms with van der Waals surface area (Å²) in [5.41, 5.74) is -1.60. The molecule has 0 amide bonds. The van der Waals surface area contributed by atoms with Gasteiger partial charge in [-0.25, -0.2) is 0 Å². The van der Waals surface area contributed by atoms with Gasteiger partial charge in [-0.05, 0) is 44.1 Å². The zero-order chi connectivity index (χ0) is 26.5. The Morgan fingerprint density at radius 1 is 1.03 bits per heavy atom. The highest BCUT2D eigenvalue weighted by atomic mass is 16.6. The van der Waals surface area contributed by atoms with Crippen LogP contribution in [-0.2, 0) is 33.3 Å². The van der Waals surface area contributed by atoms with Crippen molar-refractivity contribution in [2.75, 3.05) is 26.8 Å². The Bertz CT molecular complexity index is 1000. The van der Waals surface area contributed by atoms with Gasteiger partial charge in [-0.3, -0.25) is 19.3 Å². The molecule has 6 rings (SSSR count). The molecule has 6 fully saturated rings. The molecule has 1 spiro atoms. The molecular weight excluding hydrogens is 478 g/mol. The first-order chi connectivity index (χ1) is 17.5. The van der Waals surface area contributed by atoms with E-state index in [4.69, 9.17) is 18.9 Å². The molecule has 5 aliphatic carbocycles. The van der Waals surface area contributed by atoms with Gasteiger partial charge in [-0.15, -0.1) is 0 Å². The Labute approximate surface area is 218 Å². The average Bonchev–Trinajstić information content (AvgIpc) is 3.27. The van der Waals surface area contributed by atoms with Crippen LogP contribution in [-0.4, -0.2) is 84.7 Å². The van der Waals surface area contributed by atoms with Gasteiger partial charge in [0.25, 0.3) is 0 Å². The molecule has 1 heterocycles. The fourth-order valence-electron chi connectivity index (χ4n) is 11.0. The number of hydrogen-bond donors (Lipinski definition) is 1. The van der Waals surface area contributed by atoms with Crippen molar-refractivity contribution in [3.63, 3.8) is 0 Å². The van der Waals surface area contributed by atoms with Crippen LogP contribution in [0.3, 0.4) is 0 Å². The lowest BCUT2D eigenvalue weighted by Crippen LogP contribution is -2.76. The topological polar surface area (TPSA) is 112 Å². The van der Waals surface area contributed by atoms with E-state index in [-0.39, 0.29) is 70.5 Å². The molecule has 12 atom stereocenters. The molecule has 1 N–H and O–H groups in total. The molecule has 1 unspecified atom stereocenters. The van der Waals surface area contributed by atoms with Gasteiger partial charge in [0, 0.05) is 75.5 Å². The summed E-state index contributed by atoms with van der Waals surface area (Å²) in [5, 5.41) is 12.7. The number of methoxy groups -OCH3 is 1. The zero-order valence-electron chi connectivity index (χ0n) is 22.6. The first-order valence-electron chi connectivity index (χ1n) is 14.0. The number of rotatable bonds is 6. The van der Waals surface area contributed by atoms with Crippen molar-refractivity contribution in [2.45, 2.75) is 89.8 Å². The maximum Gasteiger partial charge on any atom is 0.302 e. The van der Waals surface area contributed by atoms with Crippen LogP contribution in [0.2, 0.25) is 0 Å². The summed E-state index contributed by atoms with van der Waals surface area (Å²) in [7, 11) is 1.80. The Morgan fingerprint density at radius 2 is 1.76 bits per heavy atom. The molecule has 0 aromatic rings. The van der Waals surface area contributed by atoms with Crippen LogP contribution in [0.5, 0.6) is 0 Å². The molecule has 9 heteroatoms. The predicted molar refractivity (Wildman–Crippen MR) is 130 cm³/mol. The van der Waals surface area contributed by atoms with Gasteiger partial charge in [-0.2, -0.15) is 0 Å². The number of likely N-dealkylation sites (tertiary alicyclic amines) is 1. The summed E-state index contributed by atoms with van der Waals surface area (Å²) < 4.78 is 23.9. The summed E-state index contributed by atoms with van der Waals surface area (Å²) in [4.78, 5) is 38.9. The average molecular weight is 520 g/mol. The lowest BCUT2D eigenvalue weighted by Gasteiger charge is -2.69. The van der Waals surface area contributed by atoms with Crippen LogP contribution < -0.4 is 0 Å². The molecule has 1 aliphatic heterocycles. The number of piperidine rings is 1. The Balaban J connectivity index is 1.53. The zero-order valence-corrected chi connectivity index (χ0v) is 22.6. The fourth-order valence-corrected chi connectivity index (χ4v) is 11.0. The molecule has 7 bridgehead atoms. The minimum absolute atomic E-state index is 0.00800. The van der Waals surface area contributed by atoms with Gasteiger partial charge >= 0.3 is 17.9 Å². The molecule has 206 valence electrons. The van der Waals surface area contributed by atoms with Crippen molar-refractivity contribution < 1.29 is 38.4 Å². The van der Waals surface area contributed by atoms with E-state index in [9.17, 15) is 19.5 Å². The van der Waals surface area contributed by atoms with E-state index in [1.54, 1.807) is 7.11 Å². The number of esters is 3. The largest absolute Gasteiger partial charge is 0.465 e. The van der Waals surface area contributed by atoms with E-state index < -0.39 is 17.8 Å². The van der Waals surface area contributed by atoms with Gasteiger partial charge < -0.3 is 24.1 Å². The van der Waals surface area contributed by atoms with Crippen LogP contribution in [0, 0.1) is 40.4 Å². The molecule has 0 aromatic carbocycles. The van der Waals surface area contributed by atoms with E-state index in [0.29, 0.717) is 19.4 Å². The van der Waals surface area contributed by atoms with Crippen molar-refractivity contribution in [3.05, 3.63) is 0 Å². The smallest absolute Gasteiger partial charge is 0.302 e. The van der Waals surface area contributed by atoms with Gasteiger partial charge in [0.15, 0.2) is 0 Å². The molecule has 0 radical (unpaired) electrons. The third-order valence-corrected chi connectivity index (χ3v) is 11.6. The Morgan fingerprint density at radius 3 is 2.38 bits per heavy atom. The maximum atomic E-state index is 12.7. The lowest BCUT2D eigenvalue weighted by molar-refractivity contribution is -0.277. The highest BCUT2D eigenvalue weighted by Crippen LogP contribution is 2.79. The highest BCUT2D eigenvalue weighted by Gasteiger charge is 2.84. The summed E-state index contributed by atoms with van der Waals surface area (Å²) in [6, 6.07) is 0.109. The van der Waals surface area contributed by atoms with E-state index in [2.05, 4.69) is 11.8 Å². The van der Waals surface area contributed by atoms with Crippen LogP contribution in [0.25, 0.3) is 0 Å². The third kappa shape index (κ3) is 3.16. The second-order valence-corrected chi connectivity index (χ2v) is 12.8. The SMILES string of the molecule is CCN1C[C@]2(COC(C)=O)CC[C@H](OC)[C@]34C1[C@@H](C[C@H]23)[C@@]1(O)C[C@H](OC(C)=O)[C@H]2C[C@@H]4[C@@H]1[C@H]2OC(C)=O. The molecule has 6 aliphatic rings. The van der Waals surface area contributed by atoms with E-state index in [1.165, 1.54) is 20.8 Å². The maximum absolute atomic E-state index is 12.7. The van der Waals surface area contributed by atoms with Crippen LogP contribution in [0.1, 0.15) is 59.8 Å². The minimum atomic E-state index is -1.13. The summed E-state index contributed by atoms with van der Waals surface area (Å²) >= 11 is 0. The predicted octanol–water partition coefficient (Wildman–Crippen LogP) is 1.94. The molecule has 0 aromatic heterocycles. The second kappa shape index (κ2) is 8.39. The highest BCUT2D eigenvalue weighted by molar-refractivity contribution is 5.67. The number of aliphatic hydroxyl groups is 1. The molecule has 1 saturated heterocycles. The quantitative estimate of drug-likeness (QED) is 0.416. The van der Waals surface area contributed by atoms with E-state index >= 15 is 0 Å². The van der Waals surface area contributed by atoms with Crippen molar-refractivity contribution in [1.29, 1.82) is 0 Å². The fraction of sp³-hybridized carbons (Fsp3) is 0.893. The lowest BCUT2D eigenvalue weighted by atomic mass is 9.43. The number of carbonyl (C=O) groups excluding carboxylic acids is 3. The Kier molecular flexibility index (Phi) is 5.80. The van der Waals surface area contributed by atoms with Crippen LogP contribution >= 0.6 is 0 Å². The third-order valence-electron chi connectivity index (χ3n) is 11.6. The normalized spacial score (nSPS) is 50.9. The molecule has 37 heavy (non-hydrogen) atoms. The molecular formula is C28H41NO8. The number of ether oxygens (including phenoxy) is 4. The van der Waals surface area contributed by atoms with Gasteiger partial charge in [0.05, 0.1) is 18.3 Å². The van der Waals surface area contributed by atoms with Crippen molar-refractivity contribution in [3.8, 4) is 0 Å². The minimum Gasteiger partial charge on any atom is -0.465 e. The standard InChI is InChI=1S/C28H41NO8/c1-6-29-12-26(13-35-14(2)30)8-7-22(34-5)28-18-9-17-20(36-15(3)31)11-27(33,19(25(28)29)10-21(26)28)23(18)24(17)37-16(4)32/h17-25,33H,6-13H2,1-5H3/t17-,18-,19-,20+,21-,22+,23-,24+,25?,26+,27+,28-/m1/s1. The monoisotopic (exact) mass is 519 g/mol. The molecule has 9 nitrogen and oxygen atoms in total. The first kappa shape index (κ1) is 25.6. The van der Waals surface area contributed by atoms with Gasteiger partial charge in [-0.1, -0.05) is 6.92 Å². The van der Waals surface area contributed by atoms with Crippen molar-refractivity contribution in [2.24, 2.45) is 40.4 Å². The number of fused-ring (bicyclic) bond motifs is 2. The van der Waals surface area contributed by atoms with Crippen molar-refractivity contribution >= 4 is 17.9 Å². The molecule has 5 saturated carbocycles. The van der Waals surface area contributed by atoms with Crippen molar-refractivity contribution in [1.82, 2.24) is 4.90 Å². The summed E-state index contributed by atoms with van der Waals surface area (Å²) in [5.74, 6) is -1.23. The van der Waals surface area contributed by atoms with Gasteiger partial charge in [0.2, 0.25) is 0 Å². The van der Waals surface area contributed by atoms with Crippen LogP contribution in [0.15, 0.2) is 0 Å². The number of hydrogen-bond acceptors (Lipinski definition) is 9. The Hall–Kier alpha value is -1.71. The first-order valence-corrected chi connectivity index (χ1v) is 14.0.